The number of nitro benzene ring substituents is 1. The van der Waals surface area contributed by atoms with Crippen LogP contribution < -0.4 is 10.6 Å². The molecule has 1 aliphatic rings. The Morgan fingerprint density at radius 2 is 1.81 bits per heavy atom. The minimum atomic E-state index is -1.24. The van der Waals surface area contributed by atoms with Gasteiger partial charge in [0.05, 0.1) is 4.92 Å². The number of carbonyl (C=O) groups excluding carboxylic acids is 3. The van der Waals surface area contributed by atoms with Crippen LogP contribution in [0.1, 0.15) is 36.5 Å². The van der Waals surface area contributed by atoms with Gasteiger partial charge in [0.15, 0.2) is 0 Å². The van der Waals surface area contributed by atoms with E-state index in [-0.39, 0.29) is 11.4 Å². The lowest BCUT2D eigenvalue weighted by Crippen LogP contribution is -2.44. The standard InChI is InChI=1S/C22H24N4O5/c1-4-10-22(16-8-6-5-7-9-16)20(28)25(21(29)24-22)13-19(27)23-17-11-14(2)15(3)12-18(17)26(30)31/h5-9,11-12H,4,10,13H2,1-3H3,(H,23,27)(H,24,29)/t22-/m0/s1. The minimum absolute atomic E-state index is 0.0213. The monoisotopic (exact) mass is 424 g/mol. The summed E-state index contributed by atoms with van der Waals surface area (Å²) in [5.41, 5.74) is 0.655. The minimum Gasteiger partial charge on any atom is -0.319 e. The van der Waals surface area contributed by atoms with Crippen molar-refractivity contribution in [1.82, 2.24) is 10.2 Å². The van der Waals surface area contributed by atoms with E-state index in [1.54, 1.807) is 38.1 Å². The first-order chi connectivity index (χ1) is 14.7. The Labute approximate surface area is 179 Å². The van der Waals surface area contributed by atoms with Gasteiger partial charge in [0.1, 0.15) is 17.8 Å². The van der Waals surface area contributed by atoms with Crippen LogP contribution >= 0.6 is 0 Å². The highest BCUT2D eigenvalue weighted by molar-refractivity contribution is 6.10. The van der Waals surface area contributed by atoms with Gasteiger partial charge >= 0.3 is 6.03 Å². The topological polar surface area (TPSA) is 122 Å². The van der Waals surface area contributed by atoms with Gasteiger partial charge in [-0.25, -0.2) is 4.79 Å². The molecule has 1 saturated heterocycles. The van der Waals surface area contributed by atoms with Crippen molar-refractivity contribution in [1.29, 1.82) is 0 Å². The summed E-state index contributed by atoms with van der Waals surface area (Å²) in [7, 11) is 0. The van der Waals surface area contributed by atoms with E-state index < -0.39 is 34.9 Å². The van der Waals surface area contributed by atoms with Crippen LogP contribution in [0.25, 0.3) is 0 Å². The molecule has 1 heterocycles. The lowest BCUT2D eigenvalue weighted by molar-refractivity contribution is -0.384. The Morgan fingerprint density at radius 1 is 1.16 bits per heavy atom. The van der Waals surface area contributed by atoms with E-state index in [4.69, 9.17) is 0 Å². The van der Waals surface area contributed by atoms with Crippen molar-refractivity contribution in [2.24, 2.45) is 0 Å². The molecule has 0 unspecified atom stereocenters. The molecular formula is C22H24N4O5. The Morgan fingerprint density at radius 3 is 2.42 bits per heavy atom. The molecule has 3 rings (SSSR count). The zero-order chi connectivity index (χ0) is 22.8. The molecule has 9 heteroatoms. The third kappa shape index (κ3) is 4.11. The number of carbonyl (C=O) groups is 3. The quantitative estimate of drug-likeness (QED) is 0.401. The van der Waals surface area contributed by atoms with Crippen molar-refractivity contribution in [3.8, 4) is 0 Å². The predicted octanol–water partition coefficient (Wildman–Crippen LogP) is 3.40. The summed E-state index contributed by atoms with van der Waals surface area (Å²) in [4.78, 5) is 50.1. The third-order valence-electron chi connectivity index (χ3n) is 5.45. The number of nitro groups is 1. The number of aryl methyl sites for hydroxylation is 2. The molecule has 0 saturated carbocycles. The first kappa shape index (κ1) is 21.9. The number of benzene rings is 2. The largest absolute Gasteiger partial charge is 0.325 e. The number of nitrogens with one attached hydrogen (secondary N) is 2. The molecule has 0 spiro atoms. The predicted molar refractivity (Wildman–Crippen MR) is 114 cm³/mol. The number of anilines is 1. The van der Waals surface area contributed by atoms with Crippen LogP contribution in [0.15, 0.2) is 42.5 Å². The van der Waals surface area contributed by atoms with Crippen molar-refractivity contribution in [2.45, 2.75) is 39.2 Å². The number of hydrogen-bond acceptors (Lipinski definition) is 5. The molecule has 1 atom stereocenters. The van der Waals surface area contributed by atoms with Crippen molar-refractivity contribution in [2.75, 3.05) is 11.9 Å². The van der Waals surface area contributed by atoms with E-state index in [1.165, 1.54) is 12.1 Å². The first-order valence-electron chi connectivity index (χ1n) is 9.94. The first-order valence-corrected chi connectivity index (χ1v) is 9.94. The number of nitrogens with zero attached hydrogens (tertiary/aromatic N) is 2. The second kappa shape index (κ2) is 8.55. The van der Waals surface area contributed by atoms with E-state index in [0.29, 0.717) is 24.0 Å². The van der Waals surface area contributed by atoms with Crippen LogP contribution in [0.4, 0.5) is 16.2 Å². The summed E-state index contributed by atoms with van der Waals surface area (Å²) < 4.78 is 0. The molecule has 31 heavy (non-hydrogen) atoms. The van der Waals surface area contributed by atoms with E-state index in [0.717, 1.165) is 10.5 Å². The van der Waals surface area contributed by atoms with Gasteiger partial charge in [-0.3, -0.25) is 24.6 Å². The van der Waals surface area contributed by atoms with Crippen LogP contribution in [0.2, 0.25) is 0 Å². The molecular weight excluding hydrogens is 400 g/mol. The summed E-state index contributed by atoms with van der Waals surface area (Å²) in [5, 5.41) is 16.6. The molecule has 1 aliphatic heterocycles. The molecule has 4 amide bonds. The Hall–Kier alpha value is -3.75. The van der Waals surface area contributed by atoms with Gasteiger partial charge in [-0.1, -0.05) is 43.7 Å². The van der Waals surface area contributed by atoms with Crippen LogP contribution in [0.5, 0.6) is 0 Å². The van der Waals surface area contributed by atoms with Gasteiger partial charge < -0.3 is 10.6 Å². The highest BCUT2D eigenvalue weighted by Crippen LogP contribution is 2.34. The molecule has 2 aromatic carbocycles. The normalized spacial score (nSPS) is 18.1. The van der Waals surface area contributed by atoms with Gasteiger partial charge in [0.2, 0.25) is 5.91 Å². The lowest BCUT2D eigenvalue weighted by Gasteiger charge is -2.26. The fourth-order valence-electron chi connectivity index (χ4n) is 3.76. The number of hydrogen-bond donors (Lipinski definition) is 2. The maximum absolute atomic E-state index is 13.2. The van der Waals surface area contributed by atoms with Gasteiger partial charge in [-0.15, -0.1) is 0 Å². The Balaban J connectivity index is 1.84. The second-order valence-electron chi connectivity index (χ2n) is 7.60. The summed E-state index contributed by atoms with van der Waals surface area (Å²) in [6.45, 7) is 4.86. The SMILES string of the molecule is CCC[C@@]1(c2ccccc2)NC(=O)N(CC(=O)Nc2cc(C)c(C)cc2[N+](=O)[O-])C1=O. The average Bonchev–Trinajstić information content (AvgIpc) is 2.96. The molecule has 9 nitrogen and oxygen atoms in total. The lowest BCUT2D eigenvalue weighted by atomic mass is 9.85. The zero-order valence-electron chi connectivity index (χ0n) is 17.6. The molecule has 2 N–H and O–H groups in total. The van der Waals surface area contributed by atoms with Crippen molar-refractivity contribution < 1.29 is 19.3 Å². The Bertz CT molecular complexity index is 1050. The van der Waals surface area contributed by atoms with Crippen LogP contribution in [-0.4, -0.2) is 34.2 Å². The fourth-order valence-corrected chi connectivity index (χ4v) is 3.76. The molecule has 1 fully saturated rings. The van der Waals surface area contributed by atoms with Crippen LogP contribution in [-0.2, 0) is 15.1 Å². The van der Waals surface area contributed by atoms with Gasteiger partial charge in [-0.2, -0.15) is 0 Å². The van der Waals surface area contributed by atoms with Crippen molar-refractivity contribution in [3.05, 3.63) is 69.3 Å². The number of imide groups is 1. The third-order valence-corrected chi connectivity index (χ3v) is 5.45. The second-order valence-corrected chi connectivity index (χ2v) is 7.60. The van der Waals surface area contributed by atoms with Gasteiger partial charge in [0.25, 0.3) is 11.6 Å². The molecule has 2 aromatic rings. The fraction of sp³-hybridized carbons (Fsp3) is 0.318. The van der Waals surface area contributed by atoms with E-state index in [9.17, 15) is 24.5 Å². The smallest absolute Gasteiger partial charge is 0.319 e. The summed E-state index contributed by atoms with van der Waals surface area (Å²) in [6, 6.07) is 11.1. The number of rotatable bonds is 7. The van der Waals surface area contributed by atoms with Crippen LogP contribution in [0, 0.1) is 24.0 Å². The average molecular weight is 424 g/mol. The van der Waals surface area contributed by atoms with E-state index in [1.807, 2.05) is 13.0 Å². The summed E-state index contributed by atoms with van der Waals surface area (Å²) >= 11 is 0. The maximum Gasteiger partial charge on any atom is 0.325 e. The zero-order valence-corrected chi connectivity index (χ0v) is 17.6. The maximum atomic E-state index is 13.2. The van der Waals surface area contributed by atoms with E-state index in [2.05, 4.69) is 10.6 Å². The number of urea groups is 1. The molecule has 0 aromatic heterocycles. The summed E-state index contributed by atoms with van der Waals surface area (Å²) in [6.07, 6.45) is 1.01. The molecule has 162 valence electrons. The highest BCUT2D eigenvalue weighted by atomic mass is 16.6. The van der Waals surface area contributed by atoms with Gasteiger partial charge in [-0.05, 0) is 43.0 Å². The van der Waals surface area contributed by atoms with Gasteiger partial charge in [0, 0.05) is 6.07 Å². The Kier molecular flexibility index (Phi) is 6.05. The molecule has 0 radical (unpaired) electrons. The van der Waals surface area contributed by atoms with E-state index >= 15 is 0 Å². The summed E-state index contributed by atoms with van der Waals surface area (Å²) in [5.74, 6) is -1.22. The highest BCUT2D eigenvalue weighted by Gasteiger charge is 2.52. The number of amides is 4. The van der Waals surface area contributed by atoms with Crippen molar-refractivity contribution >= 4 is 29.2 Å². The molecule has 0 bridgehead atoms. The van der Waals surface area contributed by atoms with Crippen LogP contribution in [0.3, 0.4) is 0 Å². The van der Waals surface area contributed by atoms with Crippen molar-refractivity contribution in [3.63, 3.8) is 0 Å². The molecule has 0 aliphatic carbocycles.